The maximum absolute atomic E-state index is 12.1. The number of esters is 1. The summed E-state index contributed by atoms with van der Waals surface area (Å²) in [5, 5.41) is 5.75. The van der Waals surface area contributed by atoms with E-state index in [2.05, 4.69) is 10.1 Å². The molecule has 6 nitrogen and oxygen atoms in total. The van der Waals surface area contributed by atoms with Gasteiger partial charge in [-0.2, -0.15) is 0 Å². The van der Waals surface area contributed by atoms with E-state index in [0.717, 1.165) is 16.0 Å². The average molecular weight is 354 g/mol. The molecule has 25 heavy (non-hydrogen) atoms. The number of aromatic nitrogens is 2. The number of aryl methyl sites for hydroxylation is 2. The predicted octanol–water partition coefficient (Wildman–Crippen LogP) is 4.52. The lowest BCUT2D eigenvalue weighted by Crippen LogP contribution is -2.05. The Balaban J connectivity index is 1.48. The molecule has 7 heteroatoms. The van der Waals surface area contributed by atoms with Gasteiger partial charge in [0, 0.05) is 11.5 Å². The zero-order valence-corrected chi connectivity index (χ0v) is 14.4. The lowest BCUT2D eigenvalue weighted by molar-refractivity contribution is 0.0469. The van der Waals surface area contributed by atoms with Crippen LogP contribution in [0.25, 0.3) is 22.5 Å². The van der Waals surface area contributed by atoms with Crippen molar-refractivity contribution in [1.29, 1.82) is 0 Å². The van der Waals surface area contributed by atoms with Crippen molar-refractivity contribution in [3.05, 3.63) is 57.7 Å². The monoisotopic (exact) mass is 354 g/mol. The number of hydrogen-bond acceptors (Lipinski definition) is 7. The van der Waals surface area contributed by atoms with E-state index in [0.29, 0.717) is 27.8 Å². The third-order valence-electron chi connectivity index (χ3n) is 3.67. The van der Waals surface area contributed by atoms with Crippen LogP contribution in [0.1, 0.15) is 26.1 Å². The van der Waals surface area contributed by atoms with Crippen LogP contribution < -0.4 is 0 Å². The highest BCUT2D eigenvalue weighted by atomic mass is 32.1. The number of thiazole rings is 1. The summed E-state index contributed by atoms with van der Waals surface area (Å²) in [6, 6.07) is 11.3. The highest BCUT2D eigenvalue weighted by Crippen LogP contribution is 2.28. The van der Waals surface area contributed by atoms with Crippen molar-refractivity contribution in [1.82, 2.24) is 10.1 Å². The lowest BCUT2D eigenvalue weighted by Gasteiger charge is -2.00. The summed E-state index contributed by atoms with van der Waals surface area (Å²) in [7, 11) is 0. The van der Waals surface area contributed by atoms with Gasteiger partial charge >= 0.3 is 5.97 Å². The van der Waals surface area contributed by atoms with E-state index in [-0.39, 0.29) is 6.61 Å². The van der Waals surface area contributed by atoms with Gasteiger partial charge in [0.25, 0.3) is 0 Å². The molecule has 0 spiro atoms. The number of rotatable bonds is 4. The van der Waals surface area contributed by atoms with Crippen molar-refractivity contribution in [3.8, 4) is 11.5 Å². The Labute approximate surface area is 147 Å². The van der Waals surface area contributed by atoms with Gasteiger partial charge in [-0.1, -0.05) is 23.4 Å². The van der Waals surface area contributed by atoms with Gasteiger partial charge in [-0.25, -0.2) is 9.78 Å². The molecule has 0 unspecified atom stereocenters. The number of fused-ring (bicyclic) bond motifs is 1. The molecular formula is C18H14N2O4S. The maximum Gasteiger partial charge on any atom is 0.350 e. The van der Waals surface area contributed by atoms with Crippen LogP contribution in [-0.4, -0.2) is 16.1 Å². The van der Waals surface area contributed by atoms with Gasteiger partial charge in [0.2, 0.25) is 5.76 Å². The second-order valence-electron chi connectivity index (χ2n) is 5.55. The smallest absolute Gasteiger partial charge is 0.350 e. The van der Waals surface area contributed by atoms with Gasteiger partial charge in [-0.3, -0.25) is 0 Å². The molecule has 0 aliphatic carbocycles. The molecular weight excluding hydrogens is 340 g/mol. The number of benzene rings is 1. The molecule has 0 saturated heterocycles. The summed E-state index contributed by atoms with van der Waals surface area (Å²) in [4.78, 5) is 16.9. The number of para-hydroxylation sites is 1. The number of nitrogens with zero attached hydrogens (tertiary/aromatic N) is 2. The fourth-order valence-electron chi connectivity index (χ4n) is 2.53. The fraction of sp³-hybridized carbons (Fsp3) is 0.167. The number of carbonyl (C=O) groups is 1. The summed E-state index contributed by atoms with van der Waals surface area (Å²) in [6.45, 7) is 3.67. The van der Waals surface area contributed by atoms with Crippen LogP contribution in [0.4, 0.5) is 0 Å². The van der Waals surface area contributed by atoms with Crippen molar-refractivity contribution >= 4 is 28.3 Å². The van der Waals surface area contributed by atoms with E-state index >= 15 is 0 Å². The van der Waals surface area contributed by atoms with Crippen LogP contribution in [0.2, 0.25) is 0 Å². The Bertz CT molecular complexity index is 1030. The minimum atomic E-state index is -0.406. The fourth-order valence-corrected chi connectivity index (χ4v) is 3.34. The highest BCUT2D eigenvalue weighted by molar-refractivity contribution is 7.13. The molecule has 4 aromatic rings. The Morgan fingerprint density at radius 3 is 2.80 bits per heavy atom. The summed E-state index contributed by atoms with van der Waals surface area (Å²) in [5.41, 5.74) is 1.97. The SMILES string of the molecule is Cc1nc(C)c(C(=O)OCc2cc(-c3cc4ccccc4o3)on2)s1. The number of carbonyl (C=O) groups excluding carboxylic acids is 1. The van der Waals surface area contributed by atoms with Crippen molar-refractivity contribution in [2.45, 2.75) is 20.5 Å². The normalized spacial score (nSPS) is 11.1. The first kappa shape index (κ1) is 15.6. The maximum atomic E-state index is 12.1. The summed E-state index contributed by atoms with van der Waals surface area (Å²) >= 11 is 1.32. The first-order chi connectivity index (χ1) is 12.1. The molecule has 0 aliphatic rings. The van der Waals surface area contributed by atoms with Gasteiger partial charge in [0.05, 0.1) is 10.7 Å². The van der Waals surface area contributed by atoms with Crippen LogP contribution in [0.15, 0.2) is 45.3 Å². The number of hydrogen-bond donors (Lipinski definition) is 0. The molecule has 0 atom stereocenters. The third-order valence-corrected chi connectivity index (χ3v) is 4.72. The number of ether oxygens (including phenoxy) is 1. The van der Waals surface area contributed by atoms with Crippen LogP contribution >= 0.6 is 11.3 Å². The zero-order chi connectivity index (χ0) is 17.4. The largest absolute Gasteiger partial charge is 0.455 e. The van der Waals surface area contributed by atoms with Crippen molar-refractivity contribution in [2.75, 3.05) is 0 Å². The molecule has 0 saturated carbocycles. The van der Waals surface area contributed by atoms with E-state index in [1.165, 1.54) is 11.3 Å². The standard InChI is InChI=1S/C18H14N2O4S/c1-10-17(25-11(2)19-10)18(21)22-9-13-8-16(24-20-13)15-7-12-5-3-4-6-14(12)23-15/h3-8H,9H2,1-2H3. The van der Waals surface area contributed by atoms with E-state index in [4.69, 9.17) is 13.7 Å². The van der Waals surface area contributed by atoms with Crippen LogP contribution in [0.3, 0.4) is 0 Å². The summed E-state index contributed by atoms with van der Waals surface area (Å²) in [6.07, 6.45) is 0. The van der Waals surface area contributed by atoms with E-state index < -0.39 is 5.97 Å². The molecule has 0 amide bonds. The number of furan rings is 1. The molecule has 0 bridgehead atoms. The lowest BCUT2D eigenvalue weighted by atomic mass is 10.2. The van der Waals surface area contributed by atoms with Gasteiger partial charge in [0.15, 0.2) is 5.76 Å². The first-order valence-corrected chi connectivity index (χ1v) is 8.47. The third kappa shape index (κ3) is 3.06. The summed E-state index contributed by atoms with van der Waals surface area (Å²) in [5.74, 6) is 0.670. The molecule has 0 fully saturated rings. The zero-order valence-electron chi connectivity index (χ0n) is 13.6. The van der Waals surface area contributed by atoms with E-state index in [1.54, 1.807) is 13.0 Å². The van der Waals surface area contributed by atoms with Crippen LogP contribution in [-0.2, 0) is 11.3 Å². The topological polar surface area (TPSA) is 78.4 Å². The molecule has 3 aromatic heterocycles. The Morgan fingerprint density at radius 2 is 2.04 bits per heavy atom. The quantitative estimate of drug-likeness (QED) is 0.501. The second kappa shape index (κ2) is 6.18. The first-order valence-electron chi connectivity index (χ1n) is 7.66. The second-order valence-corrected chi connectivity index (χ2v) is 6.76. The summed E-state index contributed by atoms with van der Waals surface area (Å²) < 4.78 is 16.3. The minimum Gasteiger partial charge on any atom is -0.455 e. The van der Waals surface area contributed by atoms with Gasteiger partial charge < -0.3 is 13.7 Å². The molecule has 1 aromatic carbocycles. The molecule has 0 aliphatic heterocycles. The van der Waals surface area contributed by atoms with E-state index in [9.17, 15) is 4.79 Å². The molecule has 0 radical (unpaired) electrons. The van der Waals surface area contributed by atoms with Gasteiger partial charge in [-0.15, -0.1) is 11.3 Å². The van der Waals surface area contributed by atoms with Crippen molar-refractivity contribution in [2.24, 2.45) is 0 Å². The molecule has 126 valence electrons. The Kier molecular flexibility index (Phi) is 3.85. The average Bonchev–Trinajstić information content (AvgIpc) is 3.29. The van der Waals surface area contributed by atoms with Crippen LogP contribution in [0.5, 0.6) is 0 Å². The molecule has 3 heterocycles. The minimum absolute atomic E-state index is 0.0267. The van der Waals surface area contributed by atoms with E-state index in [1.807, 2.05) is 37.3 Å². The van der Waals surface area contributed by atoms with Crippen LogP contribution in [0, 0.1) is 13.8 Å². The molecule has 4 rings (SSSR count). The van der Waals surface area contributed by atoms with Gasteiger partial charge in [0.1, 0.15) is 22.8 Å². The van der Waals surface area contributed by atoms with Crippen molar-refractivity contribution < 1.29 is 18.5 Å². The molecule has 0 N–H and O–H groups in total. The van der Waals surface area contributed by atoms with Crippen molar-refractivity contribution in [3.63, 3.8) is 0 Å². The Morgan fingerprint density at radius 1 is 1.20 bits per heavy atom. The van der Waals surface area contributed by atoms with Gasteiger partial charge in [-0.05, 0) is 26.0 Å². The highest BCUT2D eigenvalue weighted by Gasteiger charge is 2.17. The predicted molar refractivity (Wildman–Crippen MR) is 92.4 cm³/mol. The Hall–Kier alpha value is -2.93.